The van der Waals surface area contributed by atoms with E-state index in [0.717, 1.165) is 11.4 Å². The molecule has 25 heavy (non-hydrogen) atoms. The monoisotopic (exact) mass is 341 g/mol. The van der Waals surface area contributed by atoms with Gasteiger partial charge in [0.25, 0.3) is 0 Å². The number of carbonyl (C=O) groups is 1. The SMILES string of the molecule is CN(C)c1nccc(C2CN(C(=O)CCc3ccccn3)CCO2)n1. The molecular formula is C18H23N5O2. The van der Waals surface area contributed by atoms with E-state index in [-0.39, 0.29) is 12.0 Å². The quantitative estimate of drug-likeness (QED) is 0.820. The van der Waals surface area contributed by atoms with Crippen molar-refractivity contribution in [3.8, 4) is 0 Å². The highest BCUT2D eigenvalue weighted by molar-refractivity contribution is 5.76. The Kier molecular flexibility index (Phi) is 5.55. The van der Waals surface area contributed by atoms with Gasteiger partial charge in [-0.1, -0.05) is 6.07 Å². The van der Waals surface area contributed by atoms with Gasteiger partial charge in [0.05, 0.1) is 18.8 Å². The fourth-order valence-corrected chi connectivity index (χ4v) is 2.75. The van der Waals surface area contributed by atoms with Crippen molar-refractivity contribution in [1.29, 1.82) is 0 Å². The molecule has 0 aliphatic carbocycles. The first-order valence-corrected chi connectivity index (χ1v) is 8.43. The second-order valence-electron chi connectivity index (χ2n) is 6.20. The topological polar surface area (TPSA) is 71.5 Å². The van der Waals surface area contributed by atoms with Crippen LogP contribution in [-0.4, -0.2) is 59.6 Å². The summed E-state index contributed by atoms with van der Waals surface area (Å²) in [7, 11) is 3.79. The maximum absolute atomic E-state index is 12.5. The van der Waals surface area contributed by atoms with Crippen molar-refractivity contribution in [1.82, 2.24) is 19.9 Å². The van der Waals surface area contributed by atoms with E-state index < -0.39 is 0 Å². The largest absolute Gasteiger partial charge is 0.368 e. The molecule has 1 unspecified atom stereocenters. The highest BCUT2D eigenvalue weighted by Gasteiger charge is 2.26. The molecule has 1 atom stereocenters. The van der Waals surface area contributed by atoms with Gasteiger partial charge < -0.3 is 14.5 Å². The summed E-state index contributed by atoms with van der Waals surface area (Å²) in [5.74, 6) is 0.764. The number of aryl methyl sites for hydroxylation is 1. The van der Waals surface area contributed by atoms with E-state index in [4.69, 9.17) is 4.74 Å². The van der Waals surface area contributed by atoms with E-state index >= 15 is 0 Å². The molecule has 1 aliphatic rings. The van der Waals surface area contributed by atoms with Crippen molar-refractivity contribution in [2.45, 2.75) is 18.9 Å². The molecule has 1 aliphatic heterocycles. The smallest absolute Gasteiger partial charge is 0.225 e. The lowest BCUT2D eigenvalue weighted by Crippen LogP contribution is -2.42. The first-order chi connectivity index (χ1) is 12.1. The lowest BCUT2D eigenvalue weighted by molar-refractivity contribution is -0.139. The average Bonchev–Trinajstić information content (AvgIpc) is 2.67. The number of carbonyl (C=O) groups excluding carboxylic acids is 1. The summed E-state index contributed by atoms with van der Waals surface area (Å²) in [6, 6.07) is 7.61. The molecule has 1 amide bonds. The Hall–Kier alpha value is -2.54. The van der Waals surface area contributed by atoms with Crippen LogP contribution in [0.3, 0.4) is 0 Å². The van der Waals surface area contributed by atoms with Crippen molar-refractivity contribution < 1.29 is 9.53 Å². The van der Waals surface area contributed by atoms with Crippen LogP contribution in [0.25, 0.3) is 0 Å². The number of ether oxygens (including phenoxy) is 1. The number of hydrogen-bond donors (Lipinski definition) is 0. The summed E-state index contributed by atoms with van der Waals surface area (Å²) in [5.41, 5.74) is 1.74. The Morgan fingerprint density at radius 3 is 2.92 bits per heavy atom. The molecule has 0 saturated carbocycles. The van der Waals surface area contributed by atoms with Crippen LogP contribution in [0.1, 0.15) is 23.9 Å². The van der Waals surface area contributed by atoms with Crippen LogP contribution < -0.4 is 4.90 Å². The van der Waals surface area contributed by atoms with E-state index in [0.29, 0.717) is 38.5 Å². The zero-order valence-corrected chi connectivity index (χ0v) is 14.6. The van der Waals surface area contributed by atoms with Gasteiger partial charge in [-0.3, -0.25) is 9.78 Å². The number of nitrogens with zero attached hydrogens (tertiary/aromatic N) is 5. The number of aromatic nitrogens is 3. The highest BCUT2D eigenvalue weighted by atomic mass is 16.5. The van der Waals surface area contributed by atoms with Crippen molar-refractivity contribution in [2.24, 2.45) is 0 Å². The fourth-order valence-electron chi connectivity index (χ4n) is 2.75. The first kappa shape index (κ1) is 17.3. The minimum atomic E-state index is -0.214. The average molecular weight is 341 g/mol. The second kappa shape index (κ2) is 8.02. The van der Waals surface area contributed by atoms with Crippen LogP contribution in [-0.2, 0) is 16.0 Å². The summed E-state index contributed by atoms with van der Waals surface area (Å²) in [6.07, 6.45) is 4.37. The van der Waals surface area contributed by atoms with Gasteiger partial charge in [0.15, 0.2) is 0 Å². The first-order valence-electron chi connectivity index (χ1n) is 8.43. The van der Waals surface area contributed by atoms with Crippen LogP contribution in [0, 0.1) is 0 Å². The fraction of sp³-hybridized carbons (Fsp3) is 0.444. The van der Waals surface area contributed by atoms with Gasteiger partial charge in [0.2, 0.25) is 11.9 Å². The maximum atomic E-state index is 12.5. The lowest BCUT2D eigenvalue weighted by Gasteiger charge is -2.33. The molecule has 132 valence electrons. The number of pyridine rings is 1. The van der Waals surface area contributed by atoms with Gasteiger partial charge in [-0.2, -0.15) is 0 Å². The van der Waals surface area contributed by atoms with E-state index in [1.807, 2.05) is 48.2 Å². The van der Waals surface area contributed by atoms with Crippen molar-refractivity contribution in [3.63, 3.8) is 0 Å². The Morgan fingerprint density at radius 1 is 1.28 bits per heavy atom. The molecule has 0 aromatic carbocycles. The standard InChI is InChI=1S/C18H23N5O2/c1-22(2)18-20-10-8-15(21-18)16-13-23(11-12-25-16)17(24)7-6-14-5-3-4-9-19-14/h3-5,8-10,16H,6-7,11-13H2,1-2H3. The number of morpholine rings is 1. The predicted octanol–water partition coefficient (Wildman–Crippen LogP) is 1.47. The van der Waals surface area contributed by atoms with E-state index in [1.54, 1.807) is 12.4 Å². The molecule has 2 aromatic rings. The van der Waals surface area contributed by atoms with Gasteiger partial charge in [0.1, 0.15) is 6.10 Å². The summed E-state index contributed by atoms with van der Waals surface area (Å²) < 4.78 is 5.83. The zero-order valence-electron chi connectivity index (χ0n) is 14.6. The number of rotatable bonds is 5. The van der Waals surface area contributed by atoms with Crippen LogP contribution >= 0.6 is 0 Å². The number of hydrogen-bond acceptors (Lipinski definition) is 6. The van der Waals surface area contributed by atoms with Crippen LogP contribution in [0.2, 0.25) is 0 Å². The van der Waals surface area contributed by atoms with Crippen molar-refractivity contribution >= 4 is 11.9 Å². The number of anilines is 1. The molecule has 0 N–H and O–H groups in total. The molecule has 0 bridgehead atoms. The van der Waals surface area contributed by atoms with Crippen LogP contribution in [0.4, 0.5) is 5.95 Å². The molecule has 0 spiro atoms. The highest BCUT2D eigenvalue weighted by Crippen LogP contribution is 2.22. The normalized spacial score (nSPS) is 17.4. The zero-order chi connectivity index (χ0) is 17.6. The Balaban J connectivity index is 1.60. The minimum Gasteiger partial charge on any atom is -0.368 e. The summed E-state index contributed by atoms with van der Waals surface area (Å²) in [5, 5.41) is 0. The third-order valence-corrected chi connectivity index (χ3v) is 4.13. The second-order valence-corrected chi connectivity index (χ2v) is 6.20. The van der Waals surface area contributed by atoms with Gasteiger partial charge >= 0.3 is 0 Å². The summed E-state index contributed by atoms with van der Waals surface area (Å²) in [4.78, 5) is 29.2. The minimum absolute atomic E-state index is 0.126. The van der Waals surface area contributed by atoms with E-state index in [9.17, 15) is 4.79 Å². The molecule has 7 heteroatoms. The molecule has 3 rings (SSSR count). The maximum Gasteiger partial charge on any atom is 0.225 e. The van der Waals surface area contributed by atoms with Crippen molar-refractivity contribution in [2.75, 3.05) is 38.7 Å². The van der Waals surface area contributed by atoms with Crippen LogP contribution in [0.15, 0.2) is 36.7 Å². The molecule has 1 fully saturated rings. The molecular weight excluding hydrogens is 318 g/mol. The lowest BCUT2D eigenvalue weighted by atomic mass is 10.1. The van der Waals surface area contributed by atoms with E-state index in [1.165, 1.54) is 0 Å². The van der Waals surface area contributed by atoms with E-state index in [2.05, 4.69) is 15.0 Å². The Labute approximate surface area is 147 Å². The van der Waals surface area contributed by atoms with Gasteiger partial charge in [0, 0.05) is 45.1 Å². The third kappa shape index (κ3) is 4.51. The summed E-state index contributed by atoms with van der Waals surface area (Å²) >= 11 is 0. The molecule has 0 radical (unpaired) electrons. The third-order valence-electron chi connectivity index (χ3n) is 4.13. The number of amides is 1. The molecule has 3 heterocycles. The predicted molar refractivity (Wildman–Crippen MR) is 94.2 cm³/mol. The Morgan fingerprint density at radius 2 is 2.16 bits per heavy atom. The Bertz CT molecular complexity index is 708. The van der Waals surface area contributed by atoms with Gasteiger partial charge in [-0.15, -0.1) is 0 Å². The van der Waals surface area contributed by atoms with Crippen molar-refractivity contribution in [3.05, 3.63) is 48.0 Å². The molecule has 7 nitrogen and oxygen atoms in total. The van der Waals surface area contributed by atoms with Gasteiger partial charge in [-0.25, -0.2) is 9.97 Å². The molecule has 1 saturated heterocycles. The summed E-state index contributed by atoms with van der Waals surface area (Å²) in [6.45, 7) is 1.65. The van der Waals surface area contributed by atoms with Crippen LogP contribution in [0.5, 0.6) is 0 Å². The van der Waals surface area contributed by atoms with Gasteiger partial charge in [-0.05, 0) is 24.6 Å². The molecule has 2 aromatic heterocycles.